The molecule has 2 N–H and O–H groups in total. The largest absolute Gasteiger partial charge is 0.466 e. The molecule has 2 aromatic rings. The zero-order chi connectivity index (χ0) is 23.1. The number of esters is 1. The monoisotopic (exact) mass is 436 g/mol. The van der Waals surface area contributed by atoms with Gasteiger partial charge in [0.25, 0.3) is 5.91 Å². The lowest BCUT2D eigenvalue weighted by atomic mass is 9.93. The Morgan fingerprint density at radius 3 is 2.84 bits per heavy atom. The molecule has 2 atom stereocenters. The van der Waals surface area contributed by atoms with Crippen LogP contribution in [0.15, 0.2) is 64.7 Å². The highest BCUT2D eigenvalue weighted by Gasteiger charge is 2.28. The fourth-order valence-corrected chi connectivity index (χ4v) is 3.49. The van der Waals surface area contributed by atoms with E-state index < -0.39 is 11.9 Å². The van der Waals surface area contributed by atoms with E-state index in [4.69, 9.17) is 10.5 Å². The molecule has 3 rings (SSSR count). The van der Waals surface area contributed by atoms with E-state index in [1.54, 1.807) is 37.2 Å². The smallest absolute Gasteiger partial charge is 0.314 e. The van der Waals surface area contributed by atoms with Gasteiger partial charge in [-0.15, -0.1) is 5.10 Å². The Bertz CT molecular complexity index is 1040. The number of carbonyl (C=O) groups excluding carboxylic acids is 2. The predicted molar refractivity (Wildman–Crippen MR) is 122 cm³/mol. The van der Waals surface area contributed by atoms with Gasteiger partial charge in [0.15, 0.2) is 5.84 Å². The maximum Gasteiger partial charge on any atom is 0.314 e. The highest BCUT2D eigenvalue weighted by atomic mass is 16.5. The molecule has 2 heterocycles. The molecule has 0 saturated carbocycles. The summed E-state index contributed by atoms with van der Waals surface area (Å²) >= 11 is 0. The third kappa shape index (κ3) is 5.29. The van der Waals surface area contributed by atoms with Crippen LogP contribution in [-0.2, 0) is 20.7 Å². The maximum atomic E-state index is 13.1. The number of fused-ring (bicyclic) bond motifs is 1. The summed E-state index contributed by atoms with van der Waals surface area (Å²) in [6.45, 7) is 6.26. The number of ether oxygens (including phenoxy) is 1. The van der Waals surface area contributed by atoms with Crippen LogP contribution in [0.3, 0.4) is 0 Å². The third-order valence-corrected chi connectivity index (χ3v) is 5.24. The molecule has 0 saturated heterocycles. The summed E-state index contributed by atoms with van der Waals surface area (Å²) in [4.78, 5) is 26.6. The van der Waals surface area contributed by atoms with E-state index in [1.165, 1.54) is 22.5 Å². The lowest BCUT2D eigenvalue weighted by Crippen LogP contribution is -2.41. The first-order chi connectivity index (χ1) is 15.4. The Hall–Kier alpha value is -3.75. The van der Waals surface area contributed by atoms with Gasteiger partial charge in [-0.3, -0.25) is 9.59 Å². The second kappa shape index (κ2) is 10.5. The normalized spacial score (nSPS) is 17.8. The van der Waals surface area contributed by atoms with Crippen LogP contribution in [0.5, 0.6) is 0 Å². The predicted octanol–water partition coefficient (Wildman–Crippen LogP) is 2.30. The summed E-state index contributed by atoms with van der Waals surface area (Å²) < 4.78 is 6.40. The van der Waals surface area contributed by atoms with Crippen molar-refractivity contribution in [3.05, 3.63) is 65.6 Å². The van der Waals surface area contributed by atoms with Crippen LogP contribution >= 0.6 is 0 Å². The lowest BCUT2D eigenvalue weighted by Gasteiger charge is -2.35. The SMILES string of the molecule is CCOC(=O)[C@@H](C)/C=N/N=C(C=C(N)C(=O)N1CCc2ccccc2[C@H]1C)n1cccn1. The first-order valence-electron chi connectivity index (χ1n) is 10.6. The third-order valence-electron chi connectivity index (χ3n) is 5.24. The molecule has 1 aromatic carbocycles. The number of rotatable bonds is 6. The Labute approximate surface area is 187 Å². The van der Waals surface area contributed by atoms with Crippen molar-refractivity contribution in [2.75, 3.05) is 13.2 Å². The van der Waals surface area contributed by atoms with Crippen molar-refractivity contribution in [1.29, 1.82) is 0 Å². The van der Waals surface area contributed by atoms with Gasteiger partial charge >= 0.3 is 5.97 Å². The van der Waals surface area contributed by atoms with Crippen molar-refractivity contribution in [2.24, 2.45) is 21.9 Å². The summed E-state index contributed by atoms with van der Waals surface area (Å²) in [5.41, 5.74) is 8.57. The second-order valence-electron chi connectivity index (χ2n) is 7.44. The molecule has 168 valence electrons. The van der Waals surface area contributed by atoms with Crippen LogP contribution in [0, 0.1) is 5.92 Å². The van der Waals surface area contributed by atoms with Crippen LogP contribution < -0.4 is 5.73 Å². The minimum atomic E-state index is -0.560. The van der Waals surface area contributed by atoms with Gasteiger partial charge in [0.2, 0.25) is 0 Å². The molecule has 0 fully saturated rings. The van der Waals surface area contributed by atoms with E-state index in [-0.39, 0.29) is 23.5 Å². The number of aromatic nitrogens is 2. The Kier molecular flexibility index (Phi) is 7.54. The van der Waals surface area contributed by atoms with Gasteiger partial charge in [0.1, 0.15) is 5.70 Å². The molecule has 0 radical (unpaired) electrons. The van der Waals surface area contributed by atoms with Crippen LogP contribution in [0.25, 0.3) is 0 Å². The summed E-state index contributed by atoms with van der Waals surface area (Å²) in [6, 6.07) is 9.73. The Balaban J connectivity index is 1.81. The van der Waals surface area contributed by atoms with E-state index in [0.717, 1.165) is 12.0 Å². The molecule has 32 heavy (non-hydrogen) atoms. The van der Waals surface area contributed by atoms with Crippen molar-refractivity contribution in [1.82, 2.24) is 14.7 Å². The van der Waals surface area contributed by atoms with Gasteiger partial charge in [-0.2, -0.15) is 10.2 Å². The topological polar surface area (TPSA) is 115 Å². The van der Waals surface area contributed by atoms with Crippen molar-refractivity contribution < 1.29 is 14.3 Å². The molecule has 9 nitrogen and oxygen atoms in total. The quantitative estimate of drug-likeness (QED) is 0.245. The number of nitrogens with two attached hydrogens (primary N) is 1. The number of hydrogen-bond acceptors (Lipinski definition) is 7. The van der Waals surface area contributed by atoms with E-state index in [9.17, 15) is 9.59 Å². The van der Waals surface area contributed by atoms with E-state index in [2.05, 4.69) is 21.4 Å². The van der Waals surface area contributed by atoms with Crippen LogP contribution in [0.1, 0.15) is 37.9 Å². The fourth-order valence-electron chi connectivity index (χ4n) is 3.49. The summed E-state index contributed by atoms with van der Waals surface area (Å²) in [5, 5.41) is 12.2. The zero-order valence-corrected chi connectivity index (χ0v) is 18.5. The zero-order valence-electron chi connectivity index (χ0n) is 18.5. The number of hydrogen-bond donors (Lipinski definition) is 1. The molecular weight excluding hydrogens is 408 g/mol. The van der Waals surface area contributed by atoms with Crippen LogP contribution in [-0.4, -0.2) is 51.8 Å². The van der Waals surface area contributed by atoms with E-state index >= 15 is 0 Å². The average Bonchev–Trinajstić information content (AvgIpc) is 3.33. The molecule has 0 bridgehead atoms. The van der Waals surface area contributed by atoms with Gasteiger partial charge in [-0.05, 0) is 44.4 Å². The molecule has 0 aliphatic carbocycles. The Morgan fingerprint density at radius 1 is 1.34 bits per heavy atom. The molecular formula is C23H28N6O3. The van der Waals surface area contributed by atoms with Crippen LogP contribution in [0.4, 0.5) is 0 Å². The minimum absolute atomic E-state index is 0.0270. The number of nitrogens with zero attached hydrogens (tertiary/aromatic N) is 5. The number of amides is 1. The molecule has 1 amide bonds. The molecule has 1 aliphatic heterocycles. The summed E-state index contributed by atoms with van der Waals surface area (Å²) in [6.07, 6.45) is 6.83. The van der Waals surface area contributed by atoms with Gasteiger partial charge in [0, 0.05) is 31.2 Å². The summed E-state index contributed by atoms with van der Waals surface area (Å²) in [7, 11) is 0. The van der Waals surface area contributed by atoms with Crippen LogP contribution in [0.2, 0.25) is 0 Å². The lowest BCUT2D eigenvalue weighted by molar-refractivity contribution is -0.144. The number of allylic oxidation sites excluding steroid dienone is 1. The minimum Gasteiger partial charge on any atom is -0.466 e. The highest BCUT2D eigenvalue weighted by Crippen LogP contribution is 2.29. The standard InChI is InChI=1S/C23H28N6O3/c1-4-32-23(31)16(2)15-25-27-21(29-12-7-11-26-29)14-20(24)22(30)28-13-10-18-8-5-6-9-19(18)17(28)3/h5-9,11-12,14-17H,4,10,13,24H2,1-3H3/b20-14?,25-15+,27-21?/t16-,17+/m0/s1. The Morgan fingerprint density at radius 2 is 2.12 bits per heavy atom. The highest BCUT2D eigenvalue weighted by molar-refractivity contribution is 6.03. The van der Waals surface area contributed by atoms with Crippen molar-refractivity contribution >= 4 is 23.9 Å². The fraction of sp³-hybridized carbons (Fsp3) is 0.348. The van der Waals surface area contributed by atoms with Crippen molar-refractivity contribution in [3.8, 4) is 0 Å². The maximum absolute atomic E-state index is 13.1. The van der Waals surface area contributed by atoms with Gasteiger partial charge < -0.3 is 15.4 Å². The molecule has 0 spiro atoms. The van der Waals surface area contributed by atoms with Gasteiger partial charge in [-0.25, -0.2) is 4.68 Å². The number of benzene rings is 1. The molecule has 9 heteroatoms. The number of carbonyl (C=O) groups is 2. The van der Waals surface area contributed by atoms with E-state index in [1.807, 2.05) is 25.1 Å². The van der Waals surface area contributed by atoms with Gasteiger partial charge in [0.05, 0.1) is 18.6 Å². The second-order valence-corrected chi connectivity index (χ2v) is 7.44. The van der Waals surface area contributed by atoms with Crippen molar-refractivity contribution in [2.45, 2.75) is 33.2 Å². The molecule has 1 aliphatic rings. The first kappa shape index (κ1) is 22.9. The molecule has 0 unspecified atom stereocenters. The average molecular weight is 437 g/mol. The van der Waals surface area contributed by atoms with E-state index in [0.29, 0.717) is 13.2 Å². The molecule has 1 aromatic heterocycles. The van der Waals surface area contributed by atoms with Gasteiger partial charge in [-0.1, -0.05) is 24.3 Å². The first-order valence-corrected chi connectivity index (χ1v) is 10.6. The summed E-state index contributed by atoms with van der Waals surface area (Å²) in [5.74, 6) is -0.986. The van der Waals surface area contributed by atoms with Crippen molar-refractivity contribution in [3.63, 3.8) is 0 Å².